The van der Waals surface area contributed by atoms with Gasteiger partial charge < -0.3 is 0 Å². The first-order valence-electron chi connectivity index (χ1n) is 3.97. The fraction of sp³-hybridized carbons (Fsp3) is 0.400. The molecule has 0 N–H and O–H groups in total. The molecule has 0 spiro atoms. The van der Waals surface area contributed by atoms with Gasteiger partial charge in [0.25, 0.3) is 0 Å². The van der Waals surface area contributed by atoms with Crippen LogP contribution in [0.5, 0.6) is 0 Å². The Balaban J connectivity index is 2.39. The molecule has 0 aromatic heterocycles. The minimum atomic E-state index is 0.615. The van der Waals surface area contributed by atoms with E-state index in [1.54, 1.807) is 0 Å². The quantitative estimate of drug-likeness (QED) is 0.591. The van der Waals surface area contributed by atoms with Crippen LogP contribution >= 0.6 is 11.6 Å². The molecule has 1 aliphatic rings. The summed E-state index contributed by atoms with van der Waals surface area (Å²) in [6.07, 6.45) is 12.7. The van der Waals surface area contributed by atoms with Crippen molar-refractivity contribution < 1.29 is 0 Å². The van der Waals surface area contributed by atoms with Crippen molar-refractivity contribution in [3.63, 3.8) is 0 Å². The molecule has 0 heterocycles. The van der Waals surface area contributed by atoms with Crippen LogP contribution in [0.3, 0.4) is 0 Å². The van der Waals surface area contributed by atoms with E-state index < -0.39 is 0 Å². The van der Waals surface area contributed by atoms with Crippen molar-refractivity contribution in [3.8, 4) is 0 Å². The van der Waals surface area contributed by atoms with Crippen molar-refractivity contribution in [3.05, 3.63) is 35.4 Å². The van der Waals surface area contributed by atoms with E-state index in [1.807, 2.05) is 13.0 Å². The maximum absolute atomic E-state index is 5.90. The van der Waals surface area contributed by atoms with E-state index in [0.717, 1.165) is 17.9 Å². The van der Waals surface area contributed by atoms with Crippen LogP contribution < -0.4 is 0 Å². The zero-order valence-electron chi connectivity index (χ0n) is 6.76. The lowest BCUT2D eigenvalue weighted by molar-refractivity contribution is 0.662. The fourth-order valence-corrected chi connectivity index (χ4v) is 1.35. The Kier molecular flexibility index (Phi) is 3.44. The molecule has 1 rings (SSSR count). The standard InChI is InChI=1S/C10H13Cl/c1-2-10(11)8-9-6-4-3-5-7-9/h2-6,9H,7-8H2,1H3/b10-2+. The maximum Gasteiger partial charge on any atom is 0.0144 e. The molecule has 0 aromatic rings. The van der Waals surface area contributed by atoms with Crippen LogP contribution in [-0.4, -0.2) is 0 Å². The van der Waals surface area contributed by atoms with Gasteiger partial charge in [-0.3, -0.25) is 0 Å². The third kappa shape index (κ3) is 2.94. The second kappa shape index (κ2) is 4.40. The molecule has 60 valence electrons. The van der Waals surface area contributed by atoms with E-state index in [9.17, 15) is 0 Å². The van der Waals surface area contributed by atoms with Crippen LogP contribution in [0.1, 0.15) is 19.8 Å². The van der Waals surface area contributed by atoms with Gasteiger partial charge >= 0.3 is 0 Å². The Labute approximate surface area is 73.3 Å². The minimum absolute atomic E-state index is 0.615. The molecule has 0 saturated heterocycles. The fourth-order valence-electron chi connectivity index (χ4n) is 1.15. The first kappa shape index (κ1) is 8.61. The largest absolute Gasteiger partial charge is 0.0895 e. The molecule has 0 bridgehead atoms. The van der Waals surface area contributed by atoms with Gasteiger partial charge in [-0.05, 0) is 25.7 Å². The van der Waals surface area contributed by atoms with Crippen LogP contribution in [-0.2, 0) is 0 Å². The molecule has 11 heavy (non-hydrogen) atoms. The molecule has 1 atom stereocenters. The van der Waals surface area contributed by atoms with E-state index in [0.29, 0.717) is 5.92 Å². The summed E-state index contributed by atoms with van der Waals surface area (Å²) in [5.41, 5.74) is 0. The van der Waals surface area contributed by atoms with Crippen molar-refractivity contribution in [1.29, 1.82) is 0 Å². The number of hydrogen-bond donors (Lipinski definition) is 0. The Bertz CT molecular complexity index is 199. The Hall–Kier alpha value is -0.490. The van der Waals surface area contributed by atoms with Crippen LogP contribution in [0.15, 0.2) is 35.4 Å². The number of allylic oxidation sites excluding steroid dienone is 6. The van der Waals surface area contributed by atoms with E-state index in [4.69, 9.17) is 11.6 Å². The molecule has 0 fully saturated rings. The summed E-state index contributed by atoms with van der Waals surface area (Å²) >= 11 is 5.90. The number of rotatable bonds is 2. The Morgan fingerprint density at radius 1 is 1.64 bits per heavy atom. The van der Waals surface area contributed by atoms with E-state index in [2.05, 4.69) is 24.3 Å². The summed E-state index contributed by atoms with van der Waals surface area (Å²) < 4.78 is 0. The monoisotopic (exact) mass is 168 g/mol. The highest BCUT2D eigenvalue weighted by Gasteiger charge is 2.05. The molecule has 0 amide bonds. The van der Waals surface area contributed by atoms with Crippen LogP contribution in [0.4, 0.5) is 0 Å². The third-order valence-electron chi connectivity index (χ3n) is 1.84. The van der Waals surface area contributed by atoms with Gasteiger partial charge in [0.1, 0.15) is 0 Å². The van der Waals surface area contributed by atoms with Gasteiger partial charge in [-0.2, -0.15) is 0 Å². The minimum Gasteiger partial charge on any atom is -0.0895 e. The second-order valence-electron chi connectivity index (χ2n) is 2.75. The zero-order chi connectivity index (χ0) is 8.10. The van der Waals surface area contributed by atoms with Crippen LogP contribution in [0.25, 0.3) is 0 Å². The van der Waals surface area contributed by atoms with Gasteiger partial charge in [-0.25, -0.2) is 0 Å². The van der Waals surface area contributed by atoms with Crippen molar-refractivity contribution >= 4 is 11.6 Å². The first-order chi connectivity index (χ1) is 5.33. The summed E-state index contributed by atoms with van der Waals surface area (Å²) in [5.74, 6) is 0.615. The average molecular weight is 169 g/mol. The number of halogens is 1. The highest BCUT2D eigenvalue weighted by molar-refractivity contribution is 6.29. The molecule has 0 nitrogen and oxygen atoms in total. The topological polar surface area (TPSA) is 0 Å². The van der Waals surface area contributed by atoms with Gasteiger partial charge in [0.2, 0.25) is 0 Å². The van der Waals surface area contributed by atoms with Gasteiger partial charge in [0, 0.05) is 5.03 Å². The van der Waals surface area contributed by atoms with Gasteiger partial charge in [-0.1, -0.05) is 42.0 Å². The van der Waals surface area contributed by atoms with Crippen LogP contribution in [0.2, 0.25) is 0 Å². The van der Waals surface area contributed by atoms with Crippen molar-refractivity contribution in [2.24, 2.45) is 5.92 Å². The summed E-state index contributed by atoms with van der Waals surface area (Å²) in [4.78, 5) is 0. The van der Waals surface area contributed by atoms with Crippen molar-refractivity contribution in [2.45, 2.75) is 19.8 Å². The lowest BCUT2D eigenvalue weighted by atomic mass is 9.97. The zero-order valence-corrected chi connectivity index (χ0v) is 7.51. The maximum atomic E-state index is 5.90. The highest BCUT2D eigenvalue weighted by atomic mass is 35.5. The lowest BCUT2D eigenvalue weighted by Crippen LogP contribution is -1.96. The highest BCUT2D eigenvalue weighted by Crippen LogP contribution is 2.21. The van der Waals surface area contributed by atoms with Gasteiger partial charge in [-0.15, -0.1) is 0 Å². The smallest absolute Gasteiger partial charge is 0.0144 e. The molecule has 1 heteroatoms. The van der Waals surface area contributed by atoms with E-state index >= 15 is 0 Å². The molecule has 1 aliphatic carbocycles. The van der Waals surface area contributed by atoms with Crippen LogP contribution in [0, 0.1) is 5.92 Å². The third-order valence-corrected chi connectivity index (χ3v) is 2.21. The van der Waals surface area contributed by atoms with Crippen molar-refractivity contribution in [1.82, 2.24) is 0 Å². The summed E-state index contributed by atoms with van der Waals surface area (Å²) in [6, 6.07) is 0. The van der Waals surface area contributed by atoms with E-state index in [-0.39, 0.29) is 0 Å². The first-order valence-corrected chi connectivity index (χ1v) is 4.34. The lowest BCUT2D eigenvalue weighted by Gasteiger charge is -2.11. The van der Waals surface area contributed by atoms with E-state index in [1.165, 1.54) is 0 Å². The molecular weight excluding hydrogens is 156 g/mol. The molecule has 0 aliphatic heterocycles. The molecular formula is C10H13Cl. The normalized spacial score (nSPS) is 24.2. The SMILES string of the molecule is C/C=C(/Cl)CC1C=CC=CC1. The molecule has 0 radical (unpaired) electrons. The summed E-state index contributed by atoms with van der Waals surface area (Å²) in [5, 5.41) is 0.968. The predicted molar refractivity (Wildman–Crippen MR) is 50.6 cm³/mol. The summed E-state index contributed by atoms with van der Waals surface area (Å²) in [7, 11) is 0. The van der Waals surface area contributed by atoms with Crippen molar-refractivity contribution in [2.75, 3.05) is 0 Å². The van der Waals surface area contributed by atoms with Gasteiger partial charge in [0.05, 0.1) is 0 Å². The number of hydrogen-bond acceptors (Lipinski definition) is 0. The molecule has 1 unspecified atom stereocenters. The Morgan fingerprint density at radius 3 is 3.00 bits per heavy atom. The molecule has 0 aromatic carbocycles. The van der Waals surface area contributed by atoms with Gasteiger partial charge in [0.15, 0.2) is 0 Å². The molecule has 0 saturated carbocycles. The Morgan fingerprint density at radius 2 is 2.45 bits per heavy atom. The predicted octanol–water partition coefficient (Wildman–Crippen LogP) is 3.65. The second-order valence-corrected chi connectivity index (χ2v) is 3.23. The summed E-state index contributed by atoms with van der Waals surface area (Å²) in [6.45, 7) is 1.98. The average Bonchev–Trinajstić information content (AvgIpc) is 2.06.